The summed E-state index contributed by atoms with van der Waals surface area (Å²) in [6.07, 6.45) is 2.69. The molecule has 2 atom stereocenters. The second-order valence-corrected chi connectivity index (χ2v) is 6.41. The monoisotopic (exact) mass is 348 g/mol. The fourth-order valence-corrected chi connectivity index (χ4v) is 3.27. The number of likely N-dealkylation sites (tertiary alicyclic amines) is 1. The van der Waals surface area contributed by atoms with Crippen LogP contribution in [0.4, 0.5) is 4.39 Å². The number of fused-ring (bicyclic) bond motifs is 1. The Kier molecular flexibility index (Phi) is 5.83. The van der Waals surface area contributed by atoms with E-state index in [0.717, 1.165) is 31.4 Å². The summed E-state index contributed by atoms with van der Waals surface area (Å²) >= 11 is 0. The maximum absolute atomic E-state index is 13.5. The van der Waals surface area contributed by atoms with Gasteiger partial charge in [-0.1, -0.05) is 0 Å². The highest BCUT2D eigenvalue weighted by atomic mass is 19.1. The summed E-state index contributed by atoms with van der Waals surface area (Å²) < 4.78 is 25.0. The smallest absolute Gasteiger partial charge is 0.169 e. The Hall–Kier alpha value is -1.76. The zero-order valence-corrected chi connectivity index (χ0v) is 14.7. The average molecular weight is 348 g/mol. The second-order valence-electron chi connectivity index (χ2n) is 6.41. The van der Waals surface area contributed by atoms with Crippen LogP contribution in [0.1, 0.15) is 26.7 Å². The lowest BCUT2D eigenvalue weighted by Crippen LogP contribution is -2.48. The second kappa shape index (κ2) is 8.08. The van der Waals surface area contributed by atoms with Crippen molar-refractivity contribution in [2.75, 3.05) is 19.7 Å². The van der Waals surface area contributed by atoms with Gasteiger partial charge in [0.05, 0.1) is 11.6 Å². The third-order valence-corrected chi connectivity index (χ3v) is 4.76. The Morgan fingerprint density at radius 1 is 1.32 bits per heavy atom. The van der Waals surface area contributed by atoms with Crippen molar-refractivity contribution in [3.8, 4) is 5.75 Å². The molecule has 5 nitrogen and oxygen atoms in total. The number of aliphatic hydroxyl groups excluding tert-OH is 1. The van der Waals surface area contributed by atoms with Crippen molar-refractivity contribution in [2.45, 2.75) is 45.1 Å². The molecule has 0 bridgehead atoms. The van der Waals surface area contributed by atoms with Crippen LogP contribution in [0.15, 0.2) is 30.5 Å². The SMILES string of the molecule is CCOC(O)C(C)N1CCC(Oc2ccnc3ccc(F)cc23)CC1. The lowest BCUT2D eigenvalue weighted by atomic mass is 10.1. The normalized spacial score (nSPS) is 19.0. The molecule has 1 N–H and O–H groups in total. The van der Waals surface area contributed by atoms with Gasteiger partial charge >= 0.3 is 0 Å². The van der Waals surface area contributed by atoms with Crippen molar-refractivity contribution in [2.24, 2.45) is 0 Å². The van der Waals surface area contributed by atoms with Crippen LogP contribution in [0, 0.1) is 5.82 Å². The topological polar surface area (TPSA) is 54.8 Å². The van der Waals surface area contributed by atoms with Crippen LogP contribution < -0.4 is 4.74 Å². The molecule has 1 aromatic heterocycles. The molecule has 0 saturated carbocycles. The number of ether oxygens (including phenoxy) is 2. The summed E-state index contributed by atoms with van der Waals surface area (Å²) in [4.78, 5) is 6.46. The lowest BCUT2D eigenvalue weighted by molar-refractivity contribution is -0.141. The first kappa shape index (κ1) is 18.0. The van der Waals surface area contributed by atoms with E-state index >= 15 is 0 Å². The molecule has 2 unspecified atom stereocenters. The van der Waals surface area contributed by atoms with E-state index in [0.29, 0.717) is 17.7 Å². The molecule has 1 aliphatic heterocycles. The lowest BCUT2D eigenvalue weighted by Gasteiger charge is -2.37. The largest absolute Gasteiger partial charge is 0.490 e. The van der Waals surface area contributed by atoms with Crippen LogP contribution in [0.3, 0.4) is 0 Å². The molecule has 0 spiro atoms. The number of benzene rings is 1. The highest BCUT2D eigenvalue weighted by Crippen LogP contribution is 2.28. The van der Waals surface area contributed by atoms with Crippen molar-refractivity contribution in [3.05, 3.63) is 36.3 Å². The number of rotatable bonds is 6. The fraction of sp³-hybridized carbons (Fsp3) is 0.526. The minimum atomic E-state index is -0.769. The van der Waals surface area contributed by atoms with Gasteiger partial charge in [0.15, 0.2) is 6.29 Å². The van der Waals surface area contributed by atoms with E-state index in [1.54, 1.807) is 18.3 Å². The van der Waals surface area contributed by atoms with Gasteiger partial charge in [-0.3, -0.25) is 9.88 Å². The summed E-state index contributed by atoms with van der Waals surface area (Å²) in [5.41, 5.74) is 0.727. The Balaban J connectivity index is 1.62. The molecule has 1 aromatic carbocycles. The van der Waals surface area contributed by atoms with E-state index in [1.807, 2.05) is 13.8 Å². The van der Waals surface area contributed by atoms with Crippen molar-refractivity contribution < 1.29 is 19.0 Å². The summed E-state index contributed by atoms with van der Waals surface area (Å²) in [7, 11) is 0. The average Bonchev–Trinajstić information content (AvgIpc) is 2.62. The van der Waals surface area contributed by atoms with Crippen molar-refractivity contribution in [3.63, 3.8) is 0 Å². The quantitative estimate of drug-likeness (QED) is 0.814. The maximum atomic E-state index is 13.5. The maximum Gasteiger partial charge on any atom is 0.169 e. The molecule has 0 aliphatic carbocycles. The molecule has 1 saturated heterocycles. The first-order valence-corrected chi connectivity index (χ1v) is 8.83. The number of aliphatic hydroxyl groups is 1. The van der Waals surface area contributed by atoms with Gasteiger partial charge in [-0.25, -0.2) is 4.39 Å². The van der Waals surface area contributed by atoms with Gasteiger partial charge in [0.25, 0.3) is 0 Å². The van der Waals surface area contributed by atoms with Crippen molar-refractivity contribution in [1.82, 2.24) is 9.88 Å². The number of nitrogens with zero attached hydrogens (tertiary/aromatic N) is 2. The van der Waals surface area contributed by atoms with E-state index in [1.165, 1.54) is 12.1 Å². The Morgan fingerprint density at radius 2 is 2.08 bits per heavy atom. The first-order chi connectivity index (χ1) is 12.1. The molecule has 25 heavy (non-hydrogen) atoms. The highest BCUT2D eigenvalue weighted by Gasteiger charge is 2.28. The van der Waals surface area contributed by atoms with Crippen LogP contribution in [-0.4, -0.2) is 53.1 Å². The number of hydrogen-bond donors (Lipinski definition) is 1. The predicted octanol–water partition coefficient (Wildman–Crippen LogP) is 2.96. The third-order valence-electron chi connectivity index (χ3n) is 4.76. The van der Waals surface area contributed by atoms with E-state index in [-0.39, 0.29) is 18.0 Å². The van der Waals surface area contributed by atoms with Crippen molar-refractivity contribution >= 4 is 10.9 Å². The van der Waals surface area contributed by atoms with Crippen LogP contribution in [0.25, 0.3) is 10.9 Å². The molecule has 2 heterocycles. The summed E-state index contributed by atoms with van der Waals surface area (Å²) in [5.74, 6) is 0.379. The van der Waals surface area contributed by atoms with Gasteiger partial charge in [0.2, 0.25) is 0 Å². The first-order valence-electron chi connectivity index (χ1n) is 8.83. The Morgan fingerprint density at radius 3 is 2.80 bits per heavy atom. The van der Waals surface area contributed by atoms with Gasteiger partial charge in [0.1, 0.15) is 17.7 Å². The predicted molar refractivity (Wildman–Crippen MR) is 94.0 cm³/mol. The molecule has 3 rings (SSSR count). The molecule has 6 heteroatoms. The third kappa shape index (κ3) is 4.26. The summed E-state index contributed by atoms with van der Waals surface area (Å²) in [6, 6.07) is 6.28. The standard InChI is InChI=1S/C19H25FN2O3/c1-3-24-19(23)13(2)22-10-7-15(8-11-22)25-18-6-9-21-17-5-4-14(20)12-16(17)18/h4-6,9,12-13,15,19,23H,3,7-8,10-11H2,1-2H3. The van der Waals surface area contributed by atoms with Gasteiger partial charge < -0.3 is 14.6 Å². The highest BCUT2D eigenvalue weighted by molar-refractivity contribution is 5.84. The molecule has 2 aromatic rings. The molecule has 0 radical (unpaired) electrons. The fourth-order valence-electron chi connectivity index (χ4n) is 3.27. The Labute approximate surface area is 147 Å². The molecule has 0 amide bonds. The van der Waals surface area contributed by atoms with Crippen molar-refractivity contribution in [1.29, 1.82) is 0 Å². The van der Waals surface area contributed by atoms with E-state index in [9.17, 15) is 9.50 Å². The summed E-state index contributed by atoms with van der Waals surface area (Å²) in [6.45, 7) is 6.00. The van der Waals surface area contributed by atoms with Gasteiger partial charge in [0, 0.05) is 31.3 Å². The zero-order valence-electron chi connectivity index (χ0n) is 14.7. The van der Waals surface area contributed by atoms with Crippen LogP contribution in [0.2, 0.25) is 0 Å². The molecule has 136 valence electrons. The number of halogens is 1. The summed E-state index contributed by atoms with van der Waals surface area (Å²) in [5, 5.41) is 10.7. The van der Waals surface area contributed by atoms with E-state index in [4.69, 9.17) is 9.47 Å². The van der Waals surface area contributed by atoms with Gasteiger partial charge in [-0.15, -0.1) is 0 Å². The van der Waals surface area contributed by atoms with Gasteiger partial charge in [-0.05, 0) is 51.0 Å². The van der Waals surface area contributed by atoms with Crippen LogP contribution in [0.5, 0.6) is 5.75 Å². The van der Waals surface area contributed by atoms with Crippen LogP contribution >= 0.6 is 0 Å². The molecule has 1 fully saturated rings. The minimum absolute atomic E-state index is 0.0447. The minimum Gasteiger partial charge on any atom is -0.490 e. The number of pyridine rings is 1. The number of piperidine rings is 1. The molecular formula is C19H25FN2O3. The van der Waals surface area contributed by atoms with Crippen LogP contribution in [-0.2, 0) is 4.74 Å². The zero-order chi connectivity index (χ0) is 17.8. The van der Waals surface area contributed by atoms with E-state index in [2.05, 4.69) is 9.88 Å². The Bertz CT molecular complexity index is 704. The molecule has 1 aliphatic rings. The number of hydrogen-bond acceptors (Lipinski definition) is 5. The van der Waals surface area contributed by atoms with Gasteiger partial charge in [-0.2, -0.15) is 0 Å². The molecular weight excluding hydrogens is 323 g/mol. The number of aromatic nitrogens is 1. The van der Waals surface area contributed by atoms with E-state index < -0.39 is 6.29 Å².